The summed E-state index contributed by atoms with van der Waals surface area (Å²) in [5, 5.41) is 10.3. The Balaban J connectivity index is 1.80. The van der Waals surface area contributed by atoms with Crippen LogP contribution < -0.4 is 4.74 Å². The molecule has 1 saturated heterocycles. The standard InChI is InChI=1S/C20H25F3O4/c1-3-6-15-16(9-8-14(13(2)24)19(15)25)26-12-5-4-7-17-18(27-17)10-11-20(21,22)23/h4,7-9,17-18,25H,3,5-6,10-12H2,1-2H3/b7-4-/t17-,18-/m1/s1. The average Bonchev–Trinajstić information content (AvgIpc) is 3.33. The quantitative estimate of drug-likeness (QED) is 0.267. The van der Waals surface area contributed by atoms with E-state index in [1.165, 1.54) is 6.92 Å². The number of carbonyl (C=O) groups excluding carboxylic acids is 1. The lowest BCUT2D eigenvalue weighted by atomic mass is 10.0. The number of phenolic OH excluding ortho intramolecular Hbond substituents is 1. The van der Waals surface area contributed by atoms with Crippen molar-refractivity contribution in [1.82, 2.24) is 0 Å². The van der Waals surface area contributed by atoms with Crippen molar-refractivity contribution in [2.24, 2.45) is 0 Å². The summed E-state index contributed by atoms with van der Waals surface area (Å²) in [5.74, 6) is 0.304. The monoisotopic (exact) mass is 386 g/mol. The number of Topliss-reactive ketones (excluding diaryl/α,β-unsaturated/α-hetero) is 1. The van der Waals surface area contributed by atoms with E-state index in [2.05, 4.69) is 0 Å². The van der Waals surface area contributed by atoms with E-state index in [0.29, 0.717) is 30.8 Å². The summed E-state index contributed by atoms with van der Waals surface area (Å²) in [6.45, 7) is 3.72. The van der Waals surface area contributed by atoms with Gasteiger partial charge in [0.2, 0.25) is 0 Å². The summed E-state index contributed by atoms with van der Waals surface area (Å²) in [5.41, 5.74) is 0.897. The van der Waals surface area contributed by atoms with Gasteiger partial charge in [-0.1, -0.05) is 25.5 Å². The Bertz CT molecular complexity index is 683. The SMILES string of the molecule is CCCc1c(OCC/C=C\[C@H]2O[C@@H]2CCC(F)(F)F)ccc(C(C)=O)c1O. The first kappa shape index (κ1) is 21.3. The number of halogens is 3. The molecule has 1 aromatic rings. The van der Waals surface area contributed by atoms with E-state index in [9.17, 15) is 23.1 Å². The summed E-state index contributed by atoms with van der Waals surface area (Å²) in [4.78, 5) is 11.5. The molecule has 1 aromatic carbocycles. The highest BCUT2D eigenvalue weighted by Crippen LogP contribution is 2.34. The second-order valence-electron chi connectivity index (χ2n) is 6.60. The molecule has 27 heavy (non-hydrogen) atoms. The number of carbonyl (C=O) groups is 1. The molecule has 1 aliphatic heterocycles. The molecule has 4 nitrogen and oxygen atoms in total. The highest BCUT2D eigenvalue weighted by atomic mass is 19.4. The highest BCUT2D eigenvalue weighted by molar-refractivity contribution is 5.97. The van der Waals surface area contributed by atoms with E-state index in [1.54, 1.807) is 18.2 Å². The number of epoxide rings is 1. The van der Waals surface area contributed by atoms with Gasteiger partial charge in [-0.2, -0.15) is 13.2 Å². The Morgan fingerprint density at radius 3 is 2.74 bits per heavy atom. The van der Waals surface area contributed by atoms with Crippen LogP contribution in [0, 0.1) is 0 Å². The second-order valence-corrected chi connectivity index (χ2v) is 6.60. The number of hydrogen-bond donors (Lipinski definition) is 1. The predicted octanol–water partition coefficient (Wildman–Crippen LogP) is 4.98. The molecule has 0 spiro atoms. The Morgan fingerprint density at radius 1 is 1.37 bits per heavy atom. The molecule has 1 aliphatic rings. The third-order valence-corrected chi connectivity index (χ3v) is 4.32. The highest BCUT2D eigenvalue weighted by Gasteiger charge is 2.39. The number of ketones is 1. The number of alkyl halides is 3. The third-order valence-electron chi connectivity index (χ3n) is 4.32. The number of ether oxygens (including phenoxy) is 2. The molecule has 150 valence electrons. The van der Waals surface area contributed by atoms with Crippen LogP contribution in [0.15, 0.2) is 24.3 Å². The lowest BCUT2D eigenvalue weighted by Crippen LogP contribution is -2.08. The van der Waals surface area contributed by atoms with Crippen LogP contribution in [-0.2, 0) is 11.2 Å². The fourth-order valence-corrected chi connectivity index (χ4v) is 2.86. The van der Waals surface area contributed by atoms with Gasteiger partial charge in [0.1, 0.15) is 17.6 Å². The van der Waals surface area contributed by atoms with Crippen LogP contribution in [0.25, 0.3) is 0 Å². The van der Waals surface area contributed by atoms with Crippen LogP contribution in [0.2, 0.25) is 0 Å². The molecule has 0 aliphatic carbocycles. The zero-order chi connectivity index (χ0) is 20.0. The molecule has 2 rings (SSSR count). The van der Waals surface area contributed by atoms with Crippen molar-refractivity contribution in [2.75, 3.05) is 6.61 Å². The van der Waals surface area contributed by atoms with E-state index in [0.717, 1.165) is 6.42 Å². The average molecular weight is 386 g/mol. The minimum absolute atomic E-state index is 0.0167. The van der Waals surface area contributed by atoms with Crippen molar-refractivity contribution in [3.8, 4) is 11.5 Å². The van der Waals surface area contributed by atoms with Crippen LogP contribution in [0.3, 0.4) is 0 Å². The lowest BCUT2D eigenvalue weighted by molar-refractivity contribution is -0.136. The van der Waals surface area contributed by atoms with Crippen molar-refractivity contribution in [3.05, 3.63) is 35.4 Å². The number of phenols is 1. The van der Waals surface area contributed by atoms with Crippen molar-refractivity contribution in [3.63, 3.8) is 0 Å². The van der Waals surface area contributed by atoms with Gasteiger partial charge in [0.15, 0.2) is 5.78 Å². The number of rotatable bonds is 10. The van der Waals surface area contributed by atoms with Crippen LogP contribution in [0.5, 0.6) is 11.5 Å². The van der Waals surface area contributed by atoms with Gasteiger partial charge in [-0.3, -0.25) is 4.79 Å². The van der Waals surface area contributed by atoms with Gasteiger partial charge < -0.3 is 14.6 Å². The molecule has 0 saturated carbocycles. The number of hydrogen-bond acceptors (Lipinski definition) is 4. The molecule has 0 bridgehead atoms. The summed E-state index contributed by atoms with van der Waals surface area (Å²) < 4.78 is 47.3. The molecule has 2 atom stereocenters. The van der Waals surface area contributed by atoms with Crippen molar-refractivity contribution in [1.29, 1.82) is 0 Å². The molecular formula is C20H25F3O4. The van der Waals surface area contributed by atoms with Crippen LogP contribution in [0.1, 0.15) is 55.5 Å². The van der Waals surface area contributed by atoms with Gasteiger partial charge in [-0.15, -0.1) is 0 Å². The zero-order valence-electron chi connectivity index (χ0n) is 15.5. The first-order valence-electron chi connectivity index (χ1n) is 9.10. The van der Waals surface area contributed by atoms with E-state index >= 15 is 0 Å². The molecule has 7 heteroatoms. The Hall–Kier alpha value is -2.02. The van der Waals surface area contributed by atoms with Gasteiger partial charge in [0.05, 0.1) is 18.3 Å². The molecule has 0 radical (unpaired) electrons. The zero-order valence-corrected chi connectivity index (χ0v) is 15.5. The summed E-state index contributed by atoms with van der Waals surface area (Å²) in [6.07, 6.45) is -0.0612. The van der Waals surface area contributed by atoms with Crippen molar-refractivity contribution in [2.45, 2.75) is 64.3 Å². The Labute approximate surface area is 157 Å². The van der Waals surface area contributed by atoms with Gasteiger partial charge >= 0.3 is 6.18 Å². The van der Waals surface area contributed by atoms with Crippen LogP contribution >= 0.6 is 0 Å². The maximum atomic E-state index is 12.1. The Morgan fingerprint density at radius 2 is 2.11 bits per heavy atom. The third kappa shape index (κ3) is 6.57. The first-order chi connectivity index (χ1) is 12.7. The molecule has 1 N–H and O–H groups in total. The van der Waals surface area contributed by atoms with Crippen molar-refractivity contribution >= 4 is 5.78 Å². The van der Waals surface area contributed by atoms with Crippen LogP contribution in [-0.4, -0.2) is 35.9 Å². The molecular weight excluding hydrogens is 361 g/mol. The molecule has 0 unspecified atom stereocenters. The summed E-state index contributed by atoms with van der Waals surface area (Å²) in [6, 6.07) is 3.23. The van der Waals surface area contributed by atoms with Gasteiger partial charge in [-0.05, 0) is 38.3 Å². The number of aromatic hydroxyl groups is 1. The molecule has 1 heterocycles. The predicted molar refractivity (Wildman–Crippen MR) is 95.3 cm³/mol. The fraction of sp³-hybridized carbons (Fsp3) is 0.550. The molecule has 0 aromatic heterocycles. The fourth-order valence-electron chi connectivity index (χ4n) is 2.86. The topological polar surface area (TPSA) is 59.1 Å². The smallest absolute Gasteiger partial charge is 0.389 e. The Kier molecular flexibility index (Phi) is 7.30. The maximum absolute atomic E-state index is 12.1. The number of benzene rings is 1. The second kappa shape index (κ2) is 9.26. The van der Waals surface area contributed by atoms with E-state index in [4.69, 9.17) is 9.47 Å². The largest absolute Gasteiger partial charge is 0.507 e. The minimum atomic E-state index is -4.15. The normalized spacial score (nSPS) is 19.4. The molecule has 0 amide bonds. The summed E-state index contributed by atoms with van der Waals surface area (Å²) >= 11 is 0. The van der Waals surface area contributed by atoms with E-state index < -0.39 is 12.6 Å². The van der Waals surface area contributed by atoms with Gasteiger partial charge in [0, 0.05) is 12.0 Å². The summed E-state index contributed by atoms with van der Waals surface area (Å²) in [7, 11) is 0. The van der Waals surface area contributed by atoms with Gasteiger partial charge in [0.25, 0.3) is 0 Å². The van der Waals surface area contributed by atoms with Gasteiger partial charge in [-0.25, -0.2) is 0 Å². The van der Waals surface area contributed by atoms with E-state index in [-0.39, 0.29) is 35.7 Å². The van der Waals surface area contributed by atoms with Crippen molar-refractivity contribution < 1.29 is 32.5 Å². The molecule has 1 fully saturated rings. The maximum Gasteiger partial charge on any atom is 0.389 e. The van der Waals surface area contributed by atoms with E-state index in [1.807, 2.05) is 13.0 Å². The lowest BCUT2D eigenvalue weighted by Gasteiger charge is -2.14. The first-order valence-corrected chi connectivity index (χ1v) is 9.10. The minimum Gasteiger partial charge on any atom is -0.507 e. The van der Waals surface area contributed by atoms with Crippen LogP contribution in [0.4, 0.5) is 13.2 Å².